The fraction of sp³-hybridized carbons (Fsp3) is 0.250. The number of aromatic hydroxyl groups is 2. The lowest BCUT2D eigenvalue weighted by Gasteiger charge is -2.24. The van der Waals surface area contributed by atoms with Crippen LogP contribution in [-0.2, 0) is 35.7 Å². The van der Waals surface area contributed by atoms with Crippen LogP contribution in [0.2, 0.25) is 10.0 Å². The third kappa shape index (κ3) is 9.28. The van der Waals surface area contributed by atoms with Crippen molar-refractivity contribution in [2.24, 2.45) is 0 Å². The molecule has 2 aromatic heterocycles. The second-order valence-electron chi connectivity index (χ2n) is 12.1. The summed E-state index contributed by atoms with van der Waals surface area (Å²) in [5.41, 5.74) is 4.76. The number of fused-ring (bicyclic) bond motifs is 2. The molecule has 0 fully saturated rings. The van der Waals surface area contributed by atoms with E-state index in [0.29, 0.717) is 86.8 Å². The van der Waals surface area contributed by atoms with Gasteiger partial charge in [-0.1, -0.05) is 83.9 Å². The van der Waals surface area contributed by atoms with Crippen molar-refractivity contribution >= 4 is 45.0 Å². The number of pyridine rings is 2. The highest BCUT2D eigenvalue weighted by molar-refractivity contribution is 6.36. The van der Waals surface area contributed by atoms with Gasteiger partial charge in [-0.15, -0.1) is 0 Å². The smallest absolute Gasteiger partial charge is 0.146 e. The summed E-state index contributed by atoms with van der Waals surface area (Å²) in [6.45, 7) is 5.50. The Morgan fingerprint density at radius 3 is 1.36 bits per heavy atom. The van der Waals surface area contributed by atoms with Gasteiger partial charge in [0.25, 0.3) is 0 Å². The van der Waals surface area contributed by atoms with Gasteiger partial charge in [0.15, 0.2) is 0 Å². The first-order valence-electron chi connectivity index (χ1n) is 16.6. The number of nitrogens with zero attached hydrogens (tertiary/aromatic N) is 4. The largest absolute Gasteiger partial charge is 0.505 e. The van der Waals surface area contributed by atoms with Gasteiger partial charge in [-0.3, -0.25) is 19.8 Å². The number of benzene rings is 4. The van der Waals surface area contributed by atoms with E-state index in [-0.39, 0.29) is 11.5 Å². The molecule has 50 heavy (non-hydrogen) atoms. The molecule has 6 rings (SSSR count). The molecule has 10 heteroatoms. The Bertz CT molecular complexity index is 1850. The molecular weight excluding hydrogens is 671 g/mol. The number of phenols is 2. The molecule has 0 radical (unpaired) electrons. The fourth-order valence-electron chi connectivity index (χ4n) is 6.02. The predicted molar refractivity (Wildman–Crippen MR) is 200 cm³/mol. The number of rotatable bonds is 17. The summed E-state index contributed by atoms with van der Waals surface area (Å²) < 4.78 is 12.0. The predicted octanol–water partition coefficient (Wildman–Crippen LogP) is 8.24. The Morgan fingerprint density at radius 2 is 0.940 bits per heavy atom. The zero-order chi connectivity index (χ0) is 34.7. The van der Waals surface area contributed by atoms with Crippen molar-refractivity contribution < 1.29 is 19.7 Å². The highest BCUT2D eigenvalue weighted by atomic mass is 35.5. The first-order chi connectivity index (χ1) is 24.5. The molecule has 0 unspecified atom stereocenters. The fourth-order valence-corrected chi connectivity index (χ4v) is 6.59. The van der Waals surface area contributed by atoms with Crippen LogP contribution in [0.4, 0.5) is 0 Å². The minimum atomic E-state index is 0.147. The van der Waals surface area contributed by atoms with E-state index in [9.17, 15) is 10.2 Å². The van der Waals surface area contributed by atoms with Gasteiger partial charge in [0.2, 0.25) is 0 Å². The zero-order valence-electron chi connectivity index (χ0n) is 27.7. The summed E-state index contributed by atoms with van der Waals surface area (Å²) in [6, 6.07) is 31.4. The van der Waals surface area contributed by atoms with Crippen LogP contribution in [0.15, 0.2) is 109 Å². The van der Waals surface area contributed by atoms with Crippen LogP contribution in [0, 0.1) is 0 Å². The maximum Gasteiger partial charge on any atom is 0.146 e. The molecule has 0 bridgehead atoms. The van der Waals surface area contributed by atoms with Crippen LogP contribution < -0.4 is 0 Å². The van der Waals surface area contributed by atoms with E-state index in [1.807, 2.05) is 72.8 Å². The summed E-state index contributed by atoms with van der Waals surface area (Å²) >= 11 is 13.1. The highest BCUT2D eigenvalue weighted by Gasteiger charge is 2.17. The van der Waals surface area contributed by atoms with Crippen molar-refractivity contribution in [2.75, 3.05) is 39.5 Å². The van der Waals surface area contributed by atoms with E-state index < -0.39 is 0 Å². The molecule has 0 atom stereocenters. The SMILES string of the molecule is Oc1c(CN(CCOCCOCCN(Cc2ccccc2)Cc2cc(Cl)c3cccnc3c2O)Cc2ccccc2)cc(Cl)c2cccnc12. The molecule has 4 aromatic carbocycles. The molecule has 0 aliphatic rings. The van der Waals surface area contributed by atoms with Crippen molar-refractivity contribution in [1.82, 2.24) is 19.8 Å². The number of ether oxygens (including phenoxy) is 2. The van der Waals surface area contributed by atoms with E-state index in [1.54, 1.807) is 12.4 Å². The van der Waals surface area contributed by atoms with Crippen molar-refractivity contribution in [3.8, 4) is 11.5 Å². The summed E-state index contributed by atoms with van der Waals surface area (Å²) in [7, 11) is 0. The van der Waals surface area contributed by atoms with Crippen molar-refractivity contribution in [1.29, 1.82) is 0 Å². The van der Waals surface area contributed by atoms with Gasteiger partial charge in [-0.2, -0.15) is 0 Å². The maximum absolute atomic E-state index is 11.0. The van der Waals surface area contributed by atoms with Gasteiger partial charge in [-0.05, 0) is 47.5 Å². The Balaban J connectivity index is 1.01. The molecule has 8 nitrogen and oxygen atoms in total. The minimum Gasteiger partial charge on any atom is -0.505 e. The van der Waals surface area contributed by atoms with Gasteiger partial charge in [0.05, 0.1) is 36.5 Å². The Morgan fingerprint density at radius 1 is 0.520 bits per heavy atom. The van der Waals surface area contributed by atoms with Crippen LogP contribution in [-0.4, -0.2) is 69.5 Å². The molecule has 6 aromatic rings. The summed E-state index contributed by atoms with van der Waals surface area (Å²) in [5, 5.41) is 24.6. The normalized spacial score (nSPS) is 11.7. The molecule has 2 heterocycles. The lowest BCUT2D eigenvalue weighted by atomic mass is 10.1. The molecule has 0 saturated heterocycles. The Kier molecular flexibility index (Phi) is 12.5. The van der Waals surface area contributed by atoms with Crippen molar-refractivity contribution in [2.45, 2.75) is 26.2 Å². The summed E-state index contributed by atoms with van der Waals surface area (Å²) in [6.07, 6.45) is 3.31. The van der Waals surface area contributed by atoms with E-state index in [4.69, 9.17) is 32.7 Å². The first-order valence-corrected chi connectivity index (χ1v) is 17.4. The van der Waals surface area contributed by atoms with Crippen LogP contribution in [0.3, 0.4) is 0 Å². The topological polar surface area (TPSA) is 91.2 Å². The van der Waals surface area contributed by atoms with E-state index in [2.05, 4.69) is 44.0 Å². The first kappa shape index (κ1) is 35.5. The average Bonchev–Trinajstić information content (AvgIpc) is 3.14. The molecule has 2 N–H and O–H groups in total. The Labute approximate surface area is 302 Å². The van der Waals surface area contributed by atoms with E-state index >= 15 is 0 Å². The van der Waals surface area contributed by atoms with Crippen LogP contribution >= 0.6 is 23.2 Å². The van der Waals surface area contributed by atoms with Gasteiger partial charge in [-0.25, -0.2) is 0 Å². The summed E-state index contributed by atoms with van der Waals surface area (Å²) in [5.74, 6) is 0.295. The number of phenolic OH excluding ortho intramolecular Hbond substituents is 2. The molecule has 258 valence electrons. The van der Waals surface area contributed by atoms with Gasteiger partial charge >= 0.3 is 0 Å². The lowest BCUT2D eigenvalue weighted by Crippen LogP contribution is -2.28. The standard InChI is InChI=1S/C40H40Cl2N4O4/c41-35-23-31(39(47)37-33(35)13-7-15-43-37)27-45(25-29-9-3-1-4-10-29)17-19-49-21-22-50-20-18-46(26-30-11-5-2-6-12-30)28-32-24-36(42)34-14-8-16-44-38(34)40(32)48/h1-16,23-24,47-48H,17-22,25-28H2. The van der Waals surface area contributed by atoms with E-state index in [0.717, 1.165) is 33.0 Å². The number of hydrogen-bond acceptors (Lipinski definition) is 8. The molecule has 0 amide bonds. The zero-order valence-corrected chi connectivity index (χ0v) is 29.2. The second-order valence-corrected chi connectivity index (χ2v) is 13.0. The third-order valence-electron chi connectivity index (χ3n) is 8.55. The number of aromatic nitrogens is 2. The van der Waals surface area contributed by atoms with Crippen LogP contribution in [0.5, 0.6) is 11.5 Å². The summed E-state index contributed by atoms with van der Waals surface area (Å²) in [4.78, 5) is 13.2. The van der Waals surface area contributed by atoms with Gasteiger partial charge in [0, 0.05) is 73.6 Å². The van der Waals surface area contributed by atoms with Crippen LogP contribution in [0.1, 0.15) is 22.3 Å². The van der Waals surface area contributed by atoms with E-state index in [1.165, 1.54) is 0 Å². The molecule has 0 spiro atoms. The quantitative estimate of drug-likeness (QED) is 0.0915. The van der Waals surface area contributed by atoms with Gasteiger partial charge in [0.1, 0.15) is 22.5 Å². The van der Waals surface area contributed by atoms with Crippen molar-refractivity contribution in [3.05, 3.63) is 142 Å². The molecule has 0 aliphatic carbocycles. The highest BCUT2D eigenvalue weighted by Crippen LogP contribution is 2.35. The maximum atomic E-state index is 11.0. The van der Waals surface area contributed by atoms with Crippen LogP contribution in [0.25, 0.3) is 21.8 Å². The Hall–Kier alpha value is -4.28. The molecule has 0 aliphatic heterocycles. The monoisotopic (exact) mass is 710 g/mol. The lowest BCUT2D eigenvalue weighted by molar-refractivity contribution is 0.0282. The molecular formula is C40H40Cl2N4O4. The minimum absolute atomic E-state index is 0.147. The van der Waals surface area contributed by atoms with Crippen molar-refractivity contribution in [3.63, 3.8) is 0 Å². The molecule has 0 saturated carbocycles. The third-order valence-corrected chi connectivity index (χ3v) is 9.18. The number of hydrogen-bond donors (Lipinski definition) is 2. The second kappa shape index (κ2) is 17.6. The average molecular weight is 712 g/mol. The van der Waals surface area contributed by atoms with Gasteiger partial charge < -0.3 is 19.7 Å². The number of halogens is 2.